The van der Waals surface area contributed by atoms with Crippen LogP contribution in [-0.2, 0) is 9.84 Å². The predicted molar refractivity (Wildman–Crippen MR) is 65.7 cm³/mol. The van der Waals surface area contributed by atoms with Gasteiger partial charge in [0.15, 0.2) is 10.7 Å². The molecular formula is C9H12N2O5S2. The summed E-state index contributed by atoms with van der Waals surface area (Å²) < 4.78 is 21.7. The highest BCUT2D eigenvalue weighted by Gasteiger charge is 2.14. The van der Waals surface area contributed by atoms with Crippen LogP contribution in [0, 0.1) is 0 Å². The number of amides is 1. The minimum Gasteiger partial charge on any atom is -0.476 e. The molecule has 1 rings (SSSR count). The number of nitrogens with zero attached hydrogens (tertiary/aromatic N) is 1. The molecule has 1 aromatic rings. The summed E-state index contributed by atoms with van der Waals surface area (Å²) >= 11 is 0.927. The summed E-state index contributed by atoms with van der Waals surface area (Å²) in [6, 6.07) is 0. The number of thiazole rings is 1. The number of carbonyl (C=O) groups is 2. The molecule has 0 aromatic carbocycles. The molecule has 7 nitrogen and oxygen atoms in total. The van der Waals surface area contributed by atoms with Gasteiger partial charge in [-0.2, -0.15) is 0 Å². The van der Waals surface area contributed by atoms with Crippen molar-refractivity contribution in [3.63, 3.8) is 0 Å². The van der Waals surface area contributed by atoms with Gasteiger partial charge in [-0.05, 0) is 6.42 Å². The van der Waals surface area contributed by atoms with Crippen molar-refractivity contribution in [1.82, 2.24) is 10.3 Å². The van der Waals surface area contributed by atoms with Crippen LogP contribution in [0.25, 0.3) is 0 Å². The number of nitrogens with one attached hydrogen (secondary N) is 1. The number of hydrogen-bond donors (Lipinski definition) is 2. The van der Waals surface area contributed by atoms with Crippen molar-refractivity contribution in [1.29, 1.82) is 0 Å². The van der Waals surface area contributed by atoms with Crippen molar-refractivity contribution in [3.8, 4) is 0 Å². The molecule has 0 atom stereocenters. The van der Waals surface area contributed by atoms with Gasteiger partial charge < -0.3 is 10.4 Å². The summed E-state index contributed by atoms with van der Waals surface area (Å²) in [5.74, 6) is -1.70. The van der Waals surface area contributed by atoms with Crippen LogP contribution in [0.4, 0.5) is 0 Å². The highest BCUT2D eigenvalue weighted by atomic mass is 32.2. The summed E-state index contributed by atoms with van der Waals surface area (Å²) in [6.45, 7) is 0.202. The largest absolute Gasteiger partial charge is 0.476 e. The molecule has 0 aliphatic carbocycles. The van der Waals surface area contributed by atoms with Gasteiger partial charge in [0.05, 0.1) is 5.75 Å². The Hall–Kier alpha value is -1.48. The van der Waals surface area contributed by atoms with Crippen LogP contribution in [0.1, 0.15) is 26.7 Å². The van der Waals surface area contributed by atoms with E-state index in [0.29, 0.717) is 6.42 Å². The van der Waals surface area contributed by atoms with Crippen LogP contribution in [0.2, 0.25) is 0 Å². The van der Waals surface area contributed by atoms with E-state index in [-0.39, 0.29) is 23.0 Å². The molecule has 1 heterocycles. The zero-order valence-corrected chi connectivity index (χ0v) is 11.2. The van der Waals surface area contributed by atoms with E-state index in [0.717, 1.165) is 17.6 Å². The van der Waals surface area contributed by atoms with Gasteiger partial charge in [-0.3, -0.25) is 4.79 Å². The van der Waals surface area contributed by atoms with Gasteiger partial charge in [0.1, 0.15) is 9.84 Å². The summed E-state index contributed by atoms with van der Waals surface area (Å²) in [6.07, 6.45) is 1.43. The number of carboxylic acid groups (broad SMARTS) is 1. The van der Waals surface area contributed by atoms with E-state index in [9.17, 15) is 18.0 Å². The van der Waals surface area contributed by atoms with Crippen molar-refractivity contribution in [2.75, 3.05) is 18.6 Å². The van der Waals surface area contributed by atoms with E-state index < -0.39 is 21.7 Å². The lowest BCUT2D eigenvalue weighted by atomic mass is 10.4. The summed E-state index contributed by atoms with van der Waals surface area (Å²) in [5, 5.41) is 12.4. The summed E-state index contributed by atoms with van der Waals surface area (Å²) in [5.41, 5.74) is -0.179. The molecule has 2 N–H and O–H groups in total. The first-order valence-electron chi connectivity index (χ1n) is 4.94. The molecule has 1 aromatic heterocycles. The maximum Gasteiger partial charge on any atom is 0.355 e. The maximum atomic E-state index is 11.5. The average Bonchev–Trinajstić information content (AvgIpc) is 2.72. The lowest BCUT2D eigenvalue weighted by Crippen LogP contribution is -2.25. The van der Waals surface area contributed by atoms with Gasteiger partial charge in [0.25, 0.3) is 5.91 Å². The molecular weight excluding hydrogens is 280 g/mol. The monoisotopic (exact) mass is 292 g/mol. The van der Waals surface area contributed by atoms with Crippen molar-refractivity contribution in [3.05, 3.63) is 16.1 Å². The molecule has 0 radical (unpaired) electrons. The van der Waals surface area contributed by atoms with E-state index in [1.165, 1.54) is 5.38 Å². The van der Waals surface area contributed by atoms with E-state index in [1.54, 1.807) is 0 Å². The third kappa shape index (κ3) is 4.80. The van der Waals surface area contributed by atoms with Gasteiger partial charge in [0.2, 0.25) is 0 Å². The average molecular weight is 292 g/mol. The minimum absolute atomic E-state index is 0.00841. The molecule has 1 amide bonds. The highest BCUT2D eigenvalue weighted by Crippen LogP contribution is 2.09. The van der Waals surface area contributed by atoms with Crippen LogP contribution in [-0.4, -0.2) is 48.9 Å². The second-order valence-electron chi connectivity index (χ2n) is 3.58. The summed E-state index contributed by atoms with van der Waals surface area (Å²) in [7, 11) is -3.04. The van der Waals surface area contributed by atoms with Crippen LogP contribution < -0.4 is 5.32 Å². The smallest absolute Gasteiger partial charge is 0.355 e. The zero-order valence-electron chi connectivity index (χ0n) is 9.54. The van der Waals surface area contributed by atoms with Crippen molar-refractivity contribution in [2.45, 2.75) is 6.42 Å². The number of rotatable bonds is 6. The molecule has 9 heteroatoms. The molecule has 0 bridgehead atoms. The first kappa shape index (κ1) is 14.6. The Balaban J connectivity index is 2.43. The predicted octanol–water partition coefficient (Wildman–Crippen LogP) is 0.00580. The third-order valence-corrected chi connectivity index (χ3v) is 3.77. The lowest BCUT2D eigenvalue weighted by molar-refractivity contribution is 0.0691. The Bertz CT molecular complexity index is 549. The van der Waals surface area contributed by atoms with Gasteiger partial charge in [-0.1, -0.05) is 0 Å². The maximum absolute atomic E-state index is 11.5. The topological polar surface area (TPSA) is 113 Å². The number of hydrogen-bond acceptors (Lipinski definition) is 6. The number of aromatic carboxylic acids is 1. The molecule has 0 unspecified atom stereocenters. The number of carboxylic acids is 1. The van der Waals surface area contributed by atoms with Crippen LogP contribution >= 0.6 is 11.3 Å². The van der Waals surface area contributed by atoms with Crippen molar-refractivity contribution >= 4 is 33.1 Å². The van der Waals surface area contributed by atoms with Gasteiger partial charge >= 0.3 is 5.97 Å². The standard InChI is InChI=1S/C9H12N2O5S2/c1-18(15,16)4-2-3-10-7(12)8-11-6(5-17-8)9(13)14/h5H,2-4H2,1H3,(H,10,12)(H,13,14). The SMILES string of the molecule is CS(=O)(=O)CCCNC(=O)c1nc(C(=O)O)cs1. The Morgan fingerprint density at radius 1 is 1.50 bits per heavy atom. The van der Waals surface area contributed by atoms with Crippen LogP contribution in [0.15, 0.2) is 5.38 Å². The van der Waals surface area contributed by atoms with E-state index >= 15 is 0 Å². The Labute approximate surface area is 108 Å². The van der Waals surface area contributed by atoms with E-state index in [4.69, 9.17) is 5.11 Å². The fourth-order valence-corrected chi connectivity index (χ4v) is 2.46. The molecule has 18 heavy (non-hydrogen) atoms. The second kappa shape index (κ2) is 5.91. The first-order chi connectivity index (χ1) is 8.29. The normalized spacial score (nSPS) is 11.2. The Morgan fingerprint density at radius 3 is 2.67 bits per heavy atom. The van der Waals surface area contributed by atoms with Crippen LogP contribution in [0.5, 0.6) is 0 Å². The molecule has 0 saturated carbocycles. The first-order valence-corrected chi connectivity index (χ1v) is 7.88. The van der Waals surface area contributed by atoms with Crippen LogP contribution in [0.3, 0.4) is 0 Å². The number of sulfone groups is 1. The lowest BCUT2D eigenvalue weighted by Gasteiger charge is -2.01. The fraction of sp³-hybridized carbons (Fsp3) is 0.444. The summed E-state index contributed by atoms with van der Waals surface area (Å²) in [4.78, 5) is 25.7. The second-order valence-corrected chi connectivity index (χ2v) is 6.70. The molecule has 100 valence electrons. The van der Waals surface area contributed by atoms with Gasteiger partial charge in [0, 0.05) is 18.2 Å². The van der Waals surface area contributed by atoms with E-state index in [2.05, 4.69) is 10.3 Å². The number of carbonyl (C=O) groups excluding carboxylic acids is 1. The molecule has 0 saturated heterocycles. The Kier molecular flexibility index (Phi) is 4.79. The number of aromatic nitrogens is 1. The van der Waals surface area contributed by atoms with Gasteiger partial charge in [-0.25, -0.2) is 18.2 Å². The Morgan fingerprint density at radius 2 is 2.17 bits per heavy atom. The fourth-order valence-electron chi connectivity index (χ4n) is 1.09. The highest BCUT2D eigenvalue weighted by molar-refractivity contribution is 7.90. The quantitative estimate of drug-likeness (QED) is 0.714. The molecule has 0 spiro atoms. The third-order valence-electron chi connectivity index (χ3n) is 1.90. The van der Waals surface area contributed by atoms with Crippen molar-refractivity contribution < 1.29 is 23.1 Å². The van der Waals surface area contributed by atoms with Crippen molar-refractivity contribution in [2.24, 2.45) is 0 Å². The van der Waals surface area contributed by atoms with Gasteiger partial charge in [-0.15, -0.1) is 11.3 Å². The van der Waals surface area contributed by atoms with E-state index in [1.807, 2.05) is 0 Å². The molecule has 0 fully saturated rings. The zero-order chi connectivity index (χ0) is 13.8. The minimum atomic E-state index is -3.04. The molecule has 0 aliphatic rings. The molecule has 0 aliphatic heterocycles.